The van der Waals surface area contributed by atoms with Gasteiger partial charge in [0.2, 0.25) is 5.43 Å². The molecule has 2 aliphatic rings. The van der Waals surface area contributed by atoms with Gasteiger partial charge in [-0.25, -0.2) is 9.18 Å². The van der Waals surface area contributed by atoms with Crippen molar-refractivity contribution < 1.29 is 19.0 Å². The standard InChI is InChI=1S/C18H18ClFN2O4/c1-21-5-4-10(7-21)26-17-13(20)6-11-15(14(17)19)22(9-2-3-9)8-12(16(11)23)18(24)25/h6,8-10H,2-5,7H2,1H3,(H,24,25). The molecular formula is C18H18ClFN2O4. The van der Waals surface area contributed by atoms with E-state index in [-0.39, 0.29) is 33.9 Å². The van der Waals surface area contributed by atoms with Crippen LogP contribution in [0.1, 0.15) is 35.7 Å². The summed E-state index contributed by atoms with van der Waals surface area (Å²) >= 11 is 6.46. The van der Waals surface area contributed by atoms with Crippen LogP contribution in [-0.4, -0.2) is 46.8 Å². The number of hydrogen-bond donors (Lipinski definition) is 1. The summed E-state index contributed by atoms with van der Waals surface area (Å²) in [4.78, 5) is 26.0. The lowest BCUT2D eigenvalue weighted by atomic mass is 10.1. The highest BCUT2D eigenvalue weighted by atomic mass is 35.5. The van der Waals surface area contributed by atoms with Gasteiger partial charge in [0, 0.05) is 25.3 Å². The van der Waals surface area contributed by atoms with Crippen LogP contribution in [0, 0.1) is 5.82 Å². The zero-order valence-corrected chi connectivity index (χ0v) is 14.9. The summed E-state index contributed by atoms with van der Waals surface area (Å²) in [7, 11) is 1.96. The Morgan fingerprint density at radius 2 is 2.12 bits per heavy atom. The minimum Gasteiger partial charge on any atom is -0.484 e. The summed E-state index contributed by atoms with van der Waals surface area (Å²) < 4.78 is 22.2. The van der Waals surface area contributed by atoms with Gasteiger partial charge in [-0.3, -0.25) is 4.79 Å². The Balaban J connectivity index is 1.91. The minimum atomic E-state index is -1.34. The van der Waals surface area contributed by atoms with Crippen LogP contribution in [0.2, 0.25) is 5.02 Å². The zero-order chi connectivity index (χ0) is 18.6. The van der Waals surface area contributed by atoms with Crippen LogP contribution in [0.3, 0.4) is 0 Å². The van der Waals surface area contributed by atoms with Crippen molar-refractivity contribution in [2.75, 3.05) is 20.1 Å². The molecule has 6 nitrogen and oxygen atoms in total. The van der Waals surface area contributed by atoms with Gasteiger partial charge in [0.25, 0.3) is 0 Å². The highest BCUT2D eigenvalue weighted by molar-refractivity contribution is 6.36. The molecule has 1 unspecified atom stereocenters. The van der Waals surface area contributed by atoms with Gasteiger partial charge in [0.1, 0.15) is 16.7 Å². The topological polar surface area (TPSA) is 71.8 Å². The molecule has 1 saturated heterocycles. The summed E-state index contributed by atoms with van der Waals surface area (Å²) in [6, 6.07) is 1.10. The van der Waals surface area contributed by atoms with Gasteiger partial charge >= 0.3 is 5.97 Å². The van der Waals surface area contributed by atoms with E-state index in [0.29, 0.717) is 12.1 Å². The summed E-state index contributed by atoms with van der Waals surface area (Å²) in [6.07, 6.45) is 3.60. The van der Waals surface area contributed by atoms with Crippen molar-refractivity contribution in [2.24, 2.45) is 0 Å². The van der Waals surface area contributed by atoms with Crippen LogP contribution in [0.25, 0.3) is 10.9 Å². The van der Waals surface area contributed by atoms with Crippen molar-refractivity contribution in [1.29, 1.82) is 0 Å². The fourth-order valence-corrected chi connectivity index (χ4v) is 3.82. The van der Waals surface area contributed by atoms with Crippen LogP contribution in [0.15, 0.2) is 17.1 Å². The Morgan fingerprint density at radius 1 is 1.38 bits per heavy atom. The monoisotopic (exact) mass is 380 g/mol. The number of carboxylic acid groups (broad SMARTS) is 1. The molecular weight excluding hydrogens is 363 g/mol. The number of halogens is 2. The first-order valence-corrected chi connectivity index (χ1v) is 8.90. The van der Waals surface area contributed by atoms with Gasteiger partial charge in [-0.05, 0) is 32.4 Å². The van der Waals surface area contributed by atoms with Gasteiger partial charge < -0.3 is 19.3 Å². The number of pyridine rings is 1. The number of ether oxygens (including phenoxy) is 1. The third-order valence-corrected chi connectivity index (χ3v) is 5.32. The van der Waals surface area contributed by atoms with E-state index in [4.69, 9.17) is 16.3 Å². The number of benzene rings is 1. The molecule has 0 radical (unpaired) electrons. The van der Waals surface area contributed by atoms with Crippen molar-refractivity contribution in [3.8, 4) is 5.75 Å². The normalized spacial score (nSPS) is 20.7. The average Bonchev–Trinajstić information content (AvgIpc) is 3.34. The number of aromatic carboxylic acids is 1. The third kappa shape index (κ3) is 2.85. The lowest BCUT2D eigenvalue weighted by Gasteiger charge is -2.19. The van der Waals surface area contributed by atoms with Gasteiger partial charge in [-0.2, -0.15) is 0 Å². The molecule has 1 aromatic heterocycles. The molecule has 0 spiro atoms. The molecule has 2 fully saturated rings. The van der Waals surface area contributed by atoms with Crippen LogP contribution in [0.4, 0.5) is 4.39 Å². The van der Waals surface area contributed by atoms with E-state index in [9.17, 15) is 19.1 Å². The van der Waals surface area contributed by atoms with E-state index in [1.807, 2.05) is 7.05 Å². The molecule has 2 aromatic rings. The fraction of sp³-hybridized carbons (Fsp3) is 0.444. The smallest absolute Gasteiger partial charge is 0.341 e. The minimum absolute atomic E-state index is 0.0236. The van der Waals surface area contributed by atoms with Crippen molar-refractivity contribution in [2.45, 2.75) is 31.4 Å². The predicted molar refractivity (Wildman–Crippen MR) is 94.9 cm³/mol. The second-order valence-corrected chi connectivity index (χ2v) is 7.38. The summed E-state index contributed by atoms with van der Waals surface area (Å²) in [5.74, 6) is -2.16. The van der Waals surface area contributed by atoms with E-state index >= 15 is 0 Å². The molecule has 0 bridgehead atoms. The Kier molecular flexibility index (Phi) is 4.16. The largest absolute Gasteiger partial charge is 0.484 e. The number of hydrogen-bond acceptors (Lipinski definition) is 4. The van der Waals surface area contributed by atoms with Gasteiger partial charge in [0.05, 0.1) is 10.9 Å². The van der Waals surface area contributed by atoms with Crippen molar-refractivity contribution in [1.82, 2.24) is 9.47 Å². The number of nitrogens with zero attached hydrogens (tertiary/aromatic N) is 2. The zero-order valence-electron chi connectivity index (χ0n) is 14.2. The first-order chi connectivity index (χ1) is 12.4. The molecule has 1 aliphatic carbocycles. The number of likely N-dealkylation sites (tertiary alicyclic amines) is 1. The number of fused-ring (bicyclic) bond motifs is 1. The van der Waals surface area contributed by atoms with E-state index in [1.54, 1.807) is 4.57 Å². The maximum absolute atomic E-state index is 14.7. The first-order valence-electron chi connectivity index (χ1n) is 8.52. The van der Waals surface area contributed by atoms with E-state index in [2.05, 4.69) is 4.90 Å². The van der Waals surface area contributed by atoms with Crippen molar-refractivity contribution in [3.05, 3.63) is 38.9 Å². The molecule has 1 aromatic carbocycles. The van der Waals surface area contributed by atoms with E-state index in [0.717, 1.165) is 31.9 Å². The maximum atomic E-state index is 14.7. The molecule has 8 heteroatoms. The van der Waals surface area contributed by atoms with E-state index in [1.165, 1.54) is 6.20 Å². The molecule has 1 atom stereocenters. The molecule has 2 heterocycles. The quantitative estimate of drug-likeness (QED) is 0.883. The molecule has 4 rings (SSSR count). The number of aromatic nitrogens is 1. The number of carbonyl (C=O) groups is 1. The molecule has 26 heavy (non-hydrogen) atoms. The van der Waals surface area contributed by atoms with Gasteiger partial charge in [-0.15, -0.1) is 0 Å². The van der Waals surface area contributed by atoms with Gasteiger partial charge in [0.15, 0.2) is 11.6 Å². The lowest BCUT2D eigenvalue weighted by molar-refractivity contribution is 0.0695. The second-order valence-electron chi connectivity index (χ2n) is 7.00. The predicted octanol–water partition coefficient (Wildman–Crippen LogP) is 2.91. The maximum Gasteiger partial charge on any atom is 0.341 e. The van der Waals surface area contributed by atoms with Gasteiger partial charge in [-0.1, -0.05) is 11.6 Å². The summed E-state index contributed by atoms with van der Waals surface area (Å²) in [5.41, 5.74) is -0.782. The highest BCUT2D eigenvalue weighted by Crippen LogP contribution is 2.42. The molecule has 1 N–H and O–H groups in total. The molecule has 138 valence electrons. The molecule has 1 aliphatic heterocycles. The summed E-state index contributed by atoms with van der Waals surface area (Å²) in [5, 5.41) is 9.28. The molecule has 1 saturated carbocycles. The Hall–Kier alpha value is -2.12. The Bertz CT molecular complexity index is 970. The lowest BCUT2D eigenvalue weighted by Crippen LogP contribution is -2.23. The van der Waals surface area contributed by atoms with Crippen LogP contribution in [0.5, 0.6) is 5.75 Å². The fourth-order valence-electron chi connectivity index (χ4n) is 3.48. The van der Waals surface area contributed by atoms with Crippen molar-refractivity contribution >= 4 is 28.5 Å². The highest BCUT2D eigenvalue weighted by Gasteiger charge is 2.31. The second kappa shape index (κ2) is 6.25. The Morgan fingerprint density at radius 3 is 2.69 bits per heavy atom. The van der Waals surface area contributed by atoms with Crippen LogP contribution < -0.4 is 10.2 Å². The Labute approximate surface area is 153 Å². The number of likely N-dealkylation sites (N-methyl/N-ethyl adjacent to an activating group) is 1. The SMILES string of the molecule is CN1CCC(Oc2c(F)cc3c(=O)c(C(=O)O)cn(C4CC4)c3c2Cl)C1. The van der Waals surface area contributed by atoms with Crippen molar-refractivity contribution in [3.63, 3.8) is 0 Å². The van der Waals surface area contributed by atoms with E-state index < -0.39 is 17.2 Å². The first kappa shape index (κ1) is 17.3. The number of carboxylic acids is 1. The third-order valence-electron chi connectivity index (χ3n) is 4.97. The molecule has 0 amide bonds. The number of rotatable bonds is 4. The summed E-state index contributed by atoms with van der Waals surface area (Å²) in [6.45, 7) is 1.52. The average molecular weight is 381 g/mol. The van der Waals surface area contributed by atoms with Crippen LogP contribution >= 0.6 is 11.6 Å². The van der Waals surface area contributed by atoms with Crippen LogP contribution in [-0.2, 0) is 0 Å².